The van der Waals surface area contributed by atoms with Crippen molar-refractivity contribution >= 4 is 23.2 Å². The number of aliphatic hydroxyl groups excluding tert-OH is 1. The fraction of sp³-hybridized carbons (Fsp3) is 0.273. The molecular formula is C22H19Cl2F3N6O2. The highest BCUT2D eigenvalue weighted by Gasteiger charge is 2.28. The minimum Gasteiger partial charge on any atom is -0.394 e. The maximum Gasteiger partial charge on any atom is 0.390 e. The van der Waals surface area contributed by atoms with Crippen molar-refractivity contribution in [2.45, 2.75) is 31.7 Å². The summed E-state index contributed by atoms with van der Waals surface area (Å²) in [5.74, 6) is 0.0765. The van der Waals surface area contributed by atoms with E-state index in [0.717, 1.165) is 9.25 Å². The van der Waals surface area contributed by atoms with Crippen LogP contribution < -0.4 is 5.69 Å². The number of nitrogens with zero attached hydrogens (tertiary/aromatic N) is 6. The monoisotopic (exact) mass is 526 g/mol. The summed E-state index contributed by atoms with van der Waals surface area (Å²) >= 11 is 12.1. The lowest BCUT2D eigenvalue weighted by Gasteiger charge is -2.15. The maximum atomic E-state index is 13.0. The summed E-state index contributed by atoms with van der Waals surface area (Å²) in [6.45, 7) is -1.04. The molecule has 0 aliphatic carbocycles. The van der Waals surface area contributed by atoms with Crippen molar-refractivity contribution in [3.8, 4) is 11.4 Å². The molecule has 1 unspecified atom stereocenters. The topological polar surface area (TPSA) is 90.8 Å². The fourth-order valence-corrected chi connectivity index (χ4v) is 3.95. The second-order valence-electron chi connectivity index (χ2n) is 7.70. The van der Waals surface area contributed by atoms with Crippen molar-refractivity contribution in [1.29, 1.82) is 0 Å². The summed E-state index contributed by atoms with van der Waals surface area (Å²) in [7, 11) is 0. The van der Waals surface area contributed by atoms with Gasteiger partial charge in [0.25, 0.3) is 0 Å². The van der Waals surface area contributed by atoms with Gasteiger partial charge >= 0.3 is 11.9 Å². The average Bonchev–Trinajstić information content (AvgIpc) is 3.39. The highest BCUT2D eigenvalue weighted by atomic mass is 35.5. The third kappa shape index (κ3) is 5.75. The van der Waals surface area contributed by atoms with Crippen LogP contribution in [0.5, 0.6) is 0 Å². The number of aliphatic hydroxyl groups is 1. The molecule has 0 bridgehead atoms. The maximum absolute atomic E-state index is 13.0. The molecule has 2 aromatic carbocycles. The Hall–Kier alpha value is -3.15. The van der Waals surface area contributed by atoms with Crippen LogP contribution in [0, 0.1) is 0 Å². The van der Waals surface area contributed by atoms with Crippen LogP contribution >= 0.6 is 23.2 Å². The highest BCUT2D eigenvalue weighted by Crippen LogP contribution is 2.26. The van der Waals surface area contributed by atoms with Crippen LogP contribution in [0.25, 0.3) is 11.4 Å². The Morgan fingerprint density at radius 3 is 2.43 bits per heavy atom. The Bertz CT molecular complexity index is 1360. The molecule has 0 spiro atoms. The summed E-state index contributed by atoms with van der Waals surface area (Å²) in [6.07, 6.45) is -4.11. The van der Waals surface area contributed by atoms with Crippen LogP contribution in [0.1, 0.15) is 23.7 Å². The number of benzene rings is 2. The van der Waals surface area contributed by atoms with Gasteiger partial charge in [0.1, 0.15) is 11.7 Å². The van der Waals surface area contributed by atoms with Gasteiger partial charge in [0.05, 0.1) is 25.8 Å². The van der Waals surface area contributed by atoms with E-state index in [9.17, 15) is 23.1 Å². The number of alkyl halides is 3. The van der Waals surface area contributed by atoms with Crippen molar-refractivity contribution < 1.29 is 18.3 Å². The minimum absolute atomic E-state index is 0.0765. The number of halogens is 5. The Morgan fingerprint density at radius 2 is 1.77 bits per heavy atom. The summed E-state index contributed by atoms with van der Waals surface area (Å²) in [6, 6.07) is 12.6. The number of rotatable bonds is 8. The molecule has 8 nitrogen and oxygen atoms in total. The van der Waals surface area contributed by atoms with Crippen molar-refractivity contribution in [2.75, 3.05) is 6.61 Å². The first kappa shape index (κ1) is 25.0. The zero-order chi connectivity index (χ0) is 25.2. The van der Waals surface area contributed by atoms with E-state index in [0.29, 0.717) is 26.9 Å². The van der Waals surface area contributed by atoms with Crippen LogP contribution in [-0.4, -0.2) is 47.2 Å². The van der Waals surface area contributed by atoms with Gasteiger partial charge in [-0.3, -0.25) is 4.57 Å². The van der Waals surface area contributed by atoms with Crippen LogP contribution in [0.2, 0.25) is 10.0 Å². The molecule has 35 heavy (non-hydrogen) atoms. The van der Waals surface area contributed by atoms with Crippen molar-refractivity contribution in [2.24, 2.45) is 0 Å². The second kappa shape index (κ2) is 10.2. The first-order chi connectivity index (χ1) is 16.7. The summed E-state index contributed by atoms with van der Waals surface area (Å²) < 4.78 is 42.1. The lowest BCUT2D eigenvalue weighted by molar-refractivity contribution is -0.136. The van der Waals surface area contributed by atoms with Gasteiger partial charge in [-0.1, -0.05) is 46.6 Å². The van der Waals surface area contributed by atoms with E-state index in [2.05, 4.69) is 15.4 Å². The third-order valence-corrected chi connectivity index (χ3v) is 5.87. The predicted molar refractivity (Wildman–Crippen MR) is 123 cm³/mol. The van der Waals surface area contributed by atoms with Crippen LogP contribution in [0.4, 0.5) is 13.2 Å². The molecule has 0 saturated heterocycles. The van der Waals surface area contributed by atoms with Gasteiger partial charge in [0, 0.05) is 22.2 Å². The summed E-state index contributed by atoms with van der Waals surface area (Å²) in [4.78, 5) is 13.0. The standard InChI is InChI=1S/C22H19Cl2F3N6O2/c23-15-7-5-14(6-8-15)20-29-33(21(35)31(20)10-9-22(25,26)27)12-16-11-32(30-28-16)19(13-34)17-3-1-2-4-18(17)24/h1-8,11,19,34H,9-10,12-13H2. The quantitative estimate of drug-likeness (QED) is 0.371. The van der Waals surface area contributed by atoms with E-state index >= 15 is 0 Å². The van der Waals surface area contributed by atoms with Crippen molar-refractivity contribution in [1.82, 2.24) is 29.3 Å². The van der Waals surface area contributed by atoms with Gasteiger partial charge in [-0.15, -0.1) is 10.2 Å². The molecule has 184 valence electrons. The van der Waals surface area contributed by atoms with Crippen LogP contribution in [0.15, 0.2) is 59.5 Å². The predicted octanol–water partition coefficient (Wildman–Crippen LogP) is 4.19. The zero-order valence-corrected chi connectivity index (χ0v) is 19.5. The summed E-state index contributed by atoms with van der Waals surface area (Å²) in [5.41, 5.74) is 0.668. The van der Waals surface area contributed by atoms with Crippen LogP contribution in [-0.2, 0) is 13.1 Å². The van der Waals surface area contributed by atoms with Gasteiger partial charge in [0.15, 0.2) is 5.82 Å². The molecule has 0 aliphatic heterocycles. The smallest absolute Gasteiger partial charge is 0.390 e. The molecule has 0 amide bonds. The number of hydrogen-bond acceptors (Lipinski definition) is 5. The molecule has 2 heterocycles. The SMILES string of the molecule is O=c1n(Cc2cn(C(CO)c3ccccc3Cl)nn2)nc(-c2ccc(Cl)cc2)n1CCC(F)(F)F. The van der Waals surface area contributed by atoms with E-state index in [4.69, 9.17) is 23.2 Å². The first-order valence-electron chi connectivity index (χ1n) is 10.4. The average molecular weight is 527 g/mol. The molecule has 0 radical (unpaired) electrons. The van der Waals surface area contributed by atoms with E-state index in [1.165, 1.54) is 10.9 Å². The summed E-state index contributed by atoms with van der Waals surface area (Å²) in [5, 5.41) is 23.1. The molecule has 1 N–H and O–H groups in total. The van der Waals surface area contributed by atoms with E-state index in [1.54, 1.807) is 48.5 Å². The molecule has 4 rings (SSSR count). The van der Waals surface area contributed by atoms with Crippen molar-refractivity contribution in [3.63, 3.8) is 0 Å². The molecule has 4 aromatic rings. The lowest BCUT2D eigenvalue weighted by atomic mass is 10.1. The number of aromatic nitrogens is 6. The fourth-order valence-electron chi connectivity index (χ4n) is 3.56. The Morgan fingerprint density at radius 1 is 1.06 bits per heavy atom. The molecule has 0 fully saturated rings. The molecule has 2 aromatic heterocycles. The molecule has 13 heteroatoms. The Balaban J connectivity index is 1.66. The molecule has 0 aliphatic rings. The normalized spacial score (nSPS) is 12.7. The molecule has 0 saturated carbocycles. The highest BCUT2D eigenvalue weighted by molar-refractivity contribution is 6.31. The zero-order valence-electron chi connectivity index (χ0n) is 18.0. The van der Waals surface area contributed by atoms with E-state index in [-0.39, 0.29) is 19.0 Å². The van der Waals surface area contributed by atoms with Gasteiger partial charge < -0.3 is 5.11 Å². The van der Waals surface area contributed by atoms with E-state index < -0.39 is 30.9 Å². The van der Waals surface area contributed by atoms with Crippen molar-refractivity contribution in [3.05, 3.63) is 86.5 Å². The first-order valence-corrected chi connectivity index (χ1v) is 11.2. The van der Waals surface area contributed by atoms with Crippen LogP contribution in [0.3, 0.4) is 0 Å². The molecule has 1 atom stereocenters. The van der Waals surface area contributed by atoms with Gasteiger partial charge in [-0.2, -0.15) is 13.2 Å². The van der Waals surface area contributed by atoms with Gasteiger partial charge in [-0.05, 0) is 35.9 Å². The Kier molecular flexibility index (Phi) is 7.29. The minimum atomic E-state index is -4.44. The number of hydrogen-bond donors (Lipinski definition) is 1. The Labute approximate surface area is 207 Å². The largest absolute Gasteiger partial charge is 0.394 e. The molecular weight excluding hydrogens is 508 g/mol. The van der Waals surface area contributed by atoms with E-state index in [1.807, 2.05) is 0 Å². The van der Waals surface area contributed by atoms with Gasteiger partial charge in [0.2, 0.25) is 0 Å². The lowest BCUT2D eigenvalue weighted by Crippen LogP contribution is -2.27. The third-order valence-electron chi connectivity index (χ3n) is 5.27. The van der Waals surface area contributed by atoms with Gasteiger partial charge in [-0.25, -0.2) is 14.2 Å². The second-order valence-corrected chi connectivity index (χ2v) is 8.54.